The molecule has 1 unspecified atom stereocenters. The summed E-state index contributed by atoms with van der Waals surface area (Å²) in [4.78, 5) is 6.95. The van der Waals surface area contributed by atoms with Crippen molar-refractivity contribution in [2.75, 3.05) is 26.7 Å². The van der Waals surface area contributed by atoms with Gasteiger partial charge in [0, 0.05) is 46.2 Å². The van der Waals surface area contributed by atoms with E-state index < -0.39 is 0 Å². The first-order chi connectivity index (χ1) is 14.2. The van der Waals surface area contributed by atoms with Gasteiger partial charge in [-0.2, -0.15) is 0 Å². The highest BCUT2D eigenvalue weighted by Gasteiger charge is 2.17. The normalized spacial score (nSPS) is 17.4. The summed E-state index contributed by atoms with van der Waals surface area (Å²) in [6.07, 6.45) is 5.34. The molecule has 0 amide bonds. The number of hydrogen-bond acceptors (Lipinski definition) is 4. The van der Waals surface area contributed by atoms with Crippen molar-refractivity contribution in [3.8, 4) is 0 Å². The van der Waals surface area contributed by atoms with Crippen molar-refractivity contribution in [1.29, 1.82) is 0 Å². The number of aliphatic imine (C=N–C) groups is 1. The summed E-state index contributed by atoms with van der Waals surface area (Å²) in [6.45, 7) is 10.3. The summed E-state index contributed by atoms with van der Waals surface area (Å²) >= 11 is 0. The number of aromatic nitrogens is 3. The third kappa shape index (κ3) is 7.23. The molecule has 3 rings (SSSR count). The largest absolute Gasteiger partial charge is 0.355 e. The predicted octanol–water partition coefficient (Wildman–Crippen LogP) is 3.06. The average molecular weight is 525 g/mol. The van der Waals surface area contributed by atoms with E-state index in [2.05, 4.69) is 73.4 Å². The Kier molecular flexibility index (Phi) is 10.6. The Bertz CT molecular complexity index is 789. The Labute approximate surface area is 197 Å². The molecule has 166 valence electrons. The van der Waals surface area contributed by atoms with E-state index >= 15 is 0 Å². The molecule has 7 nitrogen and oxygen atoms in total. The first kappa shape index (κ1) is 24.6. The van der Waals surface area contributed by atoms with Crippen LogP contribution < -0.4 is 10.6 Å². The number of benzene rings is 1. The minimum Gasteiger partial charge on any atom is -0.355 e. The quantitative estimate of drug-likeness (QED) is 0.315. The SMILES string of the molecule is CCc1nncn1CCNC(=NC)NCc1ccccc1CN1CCCC(C)C1.I. The fourth-order valence-electron chi connectivity index (χ4n) is 3.99. The van der Waals surface area contributed by atoms with Crippen LogP contribution in [0, 0.1) is 5.92 Å². The number of hydrogen-bond donors (Lipinski definition) is 2. The highest BCUT2D eigenvalue weighted by molar-refractivity contribution is 14.0. The summed E-state index contributed by atoms with van der Waals surface area (Å²) in [5, 5.41) is 15.0. The first-order valence-electron chi connectivity index (χ1n) is 10.8. The lowest BCUT2D eigenvalue weighted by molar-refractivity contribution is 0.176. The second-order valence-electron chi connectivity index (χ2n) is 7.90. The lowest BCUT2D eigenvalue weighted by Crippen LogP contribution is -2.39. The fourth-order valence-corrected chi connectivity index (χ4v) is 3.99. The Morgan fingerprint density at radius 2 is 2.03 bits per heavy atom. The molecule has 1 aromatic carbocycles. The third-order valence-electron chi connectivity index (χ3n) is 5.58. The summed E-state index contributed by atoms with van der Waals surface area (Å²) in [5.41, 5.74) is 2.74. The van der Waals surface area contributed by atoms with Crippen LogP contribution in [0.1, 0.15) is 43.6 Å². The zero-order chi connectivity index (χ0) is 20.5. The Morgan fingerprint density at radius 1 is 1.23 bits per heavy atom. The Balaban J connectivity index is 0.00000320. The lowest BCUT2D eigenvalue weighted by atomic mass is 9.99. The highest BCUT2D eigenvalue weighted by Crippen LogP contribution is 2.19. The van der Waals surface area contributed by atoms with Gasteiger partial charge in [-0.25, -0.2) is 0 Å². The average Bonchev–Trinajstić information content (AvgIpc) is 3.19. The van der Waals surface area contributed by atoms with Crippen molar-refractivity contribution in [3.63, 3.8) is 0 Å². The van der Waals surface area contributed by atoms with Crippen LogP contribution in [0.2, 0.25) is 0 Å². The van der Waals surface area contributed by atoms with E-state index in [1.54, 1.807) is 6.33 Å². The molecule has 1 aliphatic rings. The van der Waals surface area contributed by atoms with E-state index in [9.17, 15) is 0 Å². The van der Waals surface area contributed by atoms with Crippen LogP contribution in [-0.2, 0) is 26.1 Å². The van der Waals surface area contributed by atoms with Crippen molar-refractivity contribution < 1.29 is 0 Å². The van der Waals surface area contributed by atoms with E-state index in [1.807, 2.05) is 7.05 Å². The molecule has 30 heavy (non-hydrogen) atoms. The first-order valence-corrected chi connectivity index (χ1v) is 10.8. The highest BCUT2D eigenvalue weighted by atomic mass is 127. The number of aryl methyl sites for hydroxylation is 1. The maximum atomic E-state index is 4.36. The van der Waals surface area contributed by atoms with Gasteiger partial charge in [0.2, 0.25) is 0 Å². The van der Waals surface area contributed by atoms with Crippen molar-refractivity contribution in [2.24, 2.45) is 10.9 Å². The standard InChI is InChI=1S/C22H35N7.HI/c1-4-21-27-26-17-29(21)13-11-24-22(23-3)25-14-19-9-5-6-10-20(19)16-28-12-7-8-18(2)15-28;/h5-6,9-10,17-18H,4,7-8,11-16H2,1-3H3,(H2,23,24,25);1H. The molecule has 0 bridgehead atoms. The predicted molar refractivity (Wildman–Crippen MR) is 133 cm³/mol. The Morgan fingerprint density at radius 3 is 2.77 bits per heavy atom. The van der Waals surface area contributed by atoms with Gasteiger partial charge < -0.3 is 15.2 Å². The number of likely N-dealkylation sites (tertiary alicyclic amines) is 1. The van der Waals surface area contributed by atoms with Gasteiger partial charge in [0.15, 0.2) is 5.96 Å². The molecule has 1 atom stereocenters. The van der Waals surface area contributed by atoms with Crippen LogP contribution in [0.25, 0.3) is 0 Å². The number of nitrogens with zero attached hydrogens (tertiary/aromatic N) is 5. The van der Waals surface area contributed by atoms with Crippen molar-refractivity contribution in [2.45, 2.75) is 52.7 Å². The molecule has 0 radical (unpaired) electrons. The van der Waals surface area contributed by atoms with Crippen molar-refractivity contribution in [3.05, 3.63) is 47.5 Å². The monoisotopic (exact) mass is 525 g/mol. The minimum atomic E-state index is 0. The molecule has 1 fully saturated rings. The van der Waals surface area contributed by atoms with Gasteiger partial charge in [-0.3, -0.25) is 9.89 Å². The van der Waals surface area contributed by atoms with Gasteiger partial charge in [0.25, 0.3) is 0 Å². The molecule has 2 aromatic rings. The van der Waals surface area contributed by atoms with E-state index in [4.69, 9.17) is 0 Å². The molecule has 1 saturated heterocycles. The zero-order valence-electron chi connectivity index (χ0n) is 18.5. The summed E-state index contributed by atoms with van der Waals surface area (Å²) < 4.78 is 2.08. The molecule has 0 spiro atoms. The van der Waals surface area contributed by atoms with Crippen LogP contribution in [0.5, 0.6) is 0 Å². The van der Waals surface area contributed by atoms with E-state index in [0.29, 0.717) is 0 Å². The smallest absolute Gasteiger partial charge is 0.191 e. The summed E-state index contributed by atoms with van der Waals surface area (Å²) in [5.74, 6) is 2.63. The maximum absolute atomic E-state index is 4.36. The van der Waals surface area contributed by atoms with Crippen LogP contribution in [0.4, 0.5) is 0 Å². The lowest BCUT2D eigenvalue weighted by Gasteiger charge is -2.31. The zero-order valence-corrected chi connectivity index (χ0v) is 20.8. The van der Waals surface area contributed by atoms with Gasteiger partial charge in [-0.05, 0) is 36.4 Å². The summed E-state index contributed by atoms with van der Waals surface area (Å²) in [6, 6.07) is 8.73. The molecule has 2 N–H and O–H groups in total. The van der Waals surface area contributed by atoms with E-state index in [-0.39, 0.29) is 24.0 Å². The number of halogens is 1. The van der Waals surface area contributed by atoms with Crippen molar-refractivity contribution in [1.82, 2.24) is 30.3 Å². The maximum Gasteiger partial charge on any atom is 0.191 e. The Hall–Kier alpha value is -1.68. The fraction of sp³-hybridized carbons (Fsp3) is 0.591. The van der Waals surface area contributed by atoms with Gasteiger partial charge in [-0.1, -0.05) is 38.1 Å². The van der Waals surface area contributed by atoms with Crippen LogP contribution in [0.3, 0.4) is 0 Å². The second-order valence-corrected chi connectivity index (χ2v) is 7.90. The number of guanidine groups is 1. The van der Waals surface area contributed by atoms with Gasteiger partial charge >= 0.3 is 0 Å². The number of rotatable bonds is 8. The second kappa shape index (κ2) is 12.9. The molecule has 0 aliphatic carbocycles. The topological polar surface area (TPSA) is 70.4 Å². The molecular weight excluding hydrogens is 489 g/mol. The van der Waals surface area contributed by atoms with Crippen LogP contribution in [0.15, 0.2) is 35.6 Å². The molecule has 1 aromatic heterocycles. The molecule has 2 heterocycles. The molecule has 8 heteroatoms. The molecular formula is C22H36IN7. The summed E-state index contributed by atoms with van der Waals surface area (Å²) in [7, 11) is 1.81. The van der Waals surface area contributed by atoms with Crippen molar-refractivity contribution >= 4 is 29.9 Å². The van der Waals surface area contributed by atoms with Gasteiger partial charge in [0.05, 0.1) is 0 Å². The minimum absolute atomic E-state index is 0. The van der Waals surface area contributed by atoms with Gasteiger partial charge in [-0.15, -0.1) is 34.2 Å². The van der Waals surface area contributed by atoms with E-state index in [1.165, 1.54) is 37.1 Å². The van der Waals surface area contributed by atoms with Crippen LogP contribution in [-0.4, -0.2) is 52.3 Å². The van der Waals surface area contributed by atoms with E-state index in [0.717, 1.165) is 50.3 Å². The van der Waals surface area contributed by atoms with Crippen LogP contribution >= 0.6 is 24.0 Å². The molecule has 0 saturated carbocycles. The third-order valence-corrected chi connectivity index (χ3v) is 5.58. The number of piperidine rings is 1. The van der Waals surface area contributed by atoms with Gasteiger partial charge in [0.1, 0.15) is 12.2 Å². The molecule has 1 aliphatic heterocycles. The number of nitrogens with one attached hydrogen (secondary N) is 2.